The highest BCUT2D eigenvalue weighted by Crippen LogP contribution is 2.30. The summed E-state index contributed by atoms with van der Waals surface area (Å²) >= 11 is 2.27. The molecule has 106 valence electrons. The van der Waals surface area contributed by atoms with Gasteiger partial charge in [-0.15, -0.1) is 0 Å². The van der Waals surface area contributed by atoms with Crippen molar-refractivity contribution < 1.29 is 14.6 Å². The van der Waals surface area contributed by atoms with E-state index >= 15 is 0 Å². The van der Waals surface area contributed by atoms with Crippen LogP contribution in [0.4, 0.5) is 0 Å². The Morgan fingerprint density at radius 1 is 1.15 bits per heavy atom. The molecule has 0 aliphatic carbocycles. The molecule has 2 aromatic carbocycles. The van der Waals surface area contributed by atoms with Gasteiger partial charge in [0.05, 0.1) is 13.2 Å². The minimum absolute atomic E-state index is 0.462. The molecule has 0 heterocycles. The zero-order valence-corrected chi connectivity index (χ0v) is 13.6. The fourth-order valence-corrected chi connectivity index (χ4v) is 2.21. The van der Waals surface area contributed by atoms with Gasteiger partial charge in [-0.3, -0.25) is 0 Å². The molecular formula is C16H17IO3. The molecule has 0 aliphatic heterocycles. The van der Waals surface area contributed by atoms with Crippen LogP contribution in [0.1, 0.15) is 24.2 Å². The quantitative estimate of drug-likeness (QED) is 0.794. The van der Waals surface area contributed by atoms with Crippen molar-refractivity contribution in [2.75, 3.05) is 7.11 Å². The third-order valence-corrected chi connectivity index (χ3v) is 3.70. The molecule has 0 aromatic heterocycles. The molecule has 0 spiro atoms. The van der Waals surface area contributed by atoms with Crippen molar-refractivity contribution in [3.05, 3.63) is 57.2 Å². The predicted octanol–water partition coefficient (Wildman–Crippen LogP) is 3.93. The topological polar surface area (TPSA) is 38.7 Å². The van der Waals surface area contributed by atoms with E-state index in [-0.39, 0.29) is 0 Å². The molecule has 2 aromatic rings. The minimum atomic E-state index is -0.576. The Morgan fingerprint density at radius 3 is 2.45 bits per heavy atom. The molecule has 0 amide bonds. The maximum atomic E-state index is 9.78. The standard InChI is InChI=1S/C16H17IO3/c1-11(18)15-8-7-14(19-2)9-16(15)20-10-12-3-5-13(17)6-4-12/h3-9,11,18H,10H2,1-2H3/t11-/m1/s1. The average molecular weight is 384 g/mol. The van der Waals surface area contributed by atoms with E-state index in [4.69, 9.17) is 9.47 Å². The van der Waals surface area contributed by atoms with Gasteiger partial charge in [0.2, 0.25) is 0 Å². The Kier molecular flexibility index (Phi) is 5.25. The Hall–Kier alpha value is -1.27. The number of aliphatic hydroxyl groups is 1. The van der Waals surface area contributed by atoms with Crippen LogP contribution in [0.3, 0.4) is 0 Å². The maximum absolute atomic E-state index is 9.78. The first-order valence-corrected chi connectivity index (χ1v) is 7.41. The Labute approximate surface area is 132 Å². The van der Waals surface area contributed by atoms with Crippen molar-refractivity contribution in [1.82, 2.24) is 0 Å². The van der Waals surface area contributed by atoms with E-state index in [1.165, 1.54) is 3.57 Å². The van der Waals surface area contributed by atoms with Gasteiger partial charge in [0.15, 0.2) is 0 Å². The maximum Gasteiger partial charge on any atom is 0.129 e. The highest BCUT2D eigenvalue weighted by Gasteiger charge is 2.10. The van der Waals surface area contributed by atoms with Crippen molar-refractivity contribution in [2.45, 2.75) is 19.6 Å². The normalized spacial score (nSPS) is 12.0. The van der Waals surface area contributed by atoms with Crippen molar-refractivity contribution >= 4 is 22.6 Å². The Morgan fingerprint density at radius 2 is 1.85 bits per heavy atom. The number of methoxy groups -OCH3 is 1. The van der Waals surface area contributed by atoms with Gasteiger partial charge < -0.3 is 14.6 Å². The Bertz CT molecular complexity index is 564. The first kappa shape index (κ1) is 15.1. The molecule has 0 aliphatic rings. The second kappa shape index (κ2) is 6.95. The van der Waals surface area contributed by atoms with Gasteiger partial charge in [-0.1, -0.05) is 12.1 Å². The van der Waals surface area contributed by atoms with Crippen molar-refractivity contribution in [1.29, 1.82) is 0 Å². The number of hydrogen-bond donors (Lipinski definition) is 1. The lowest BCUT2D eigenvalue weighted by Crippen LogP contribution is -2.01. The van der Waals surface area contributed by atoms with Gasteiger partial charge in [-0.2, -0.15) is 0 Å². The van der Waals surface area contributed by atoms with Crippen LogP contribution in [0.15, 0.2) is 42.5 Å². The summed E-state index contributed by atoms with van der Waals surface area (Å²) in [7, 11) is 1.61. The molecule has 1 N–H and O–H groups in total. The largest absolute Gasteiger partial charge is 0.497 e. The molecule has 0 radical (unpaired) electrons. The molecule has 4 heteroatoms. The Balaban J connectivity index is 2.16. The van der Waals surface area contributed by atoms with Crippen LogP contribution in [-0.4, -0.2) is 12.2 Å². The van der Waals surface area contributed by atoms with E-state index < -0.39 is 6.10 Å². The van der Waals surface area contributed by atoms with Crippen molar-refractivity contribution in [3.63, 3.8) is 0 Å². The van der Waals surface area contributed by atoms with Gasteiger partial charge in [-0.25, -0.2) is 0 Å². The summed E-state index contributed by atoms with van der Waals surface area (Å²) in [5, 5.41) is 9.78. The summed E-state index contributed by atoms with van der Waals surface area (Å²) in [6, 6.07) is 13.6. The third-order valence-electron chi connectivity index (χ3n) is 2.98. The van der Waals surface area contributed by atoms with E-state index in [1.807, 2.05) is 36.4 Å². The fraction of sp³-hybridized carbons (Fsp3) is 0.250. The second-order valence-electron chi connectivity index (χ2n) is 4.49. The van der Waals surface area contributed by atoms with E-state index in [0.717, 1.165) is 11.1 Å². The number of halogens is 1. The van der Waals surface area contributed by atoms with Crippen LogP contribution in [0.5, 0.6) is 11.5 Å². The molecule has 0 fully saturated rings. The zero-order valence-electron chi connectivity index (χ0n) is 11.5. The summed E-state index contributed by atoms with van der Waals surface area (Å²) in [6.07, 6.45) is -0.576. The highest BCUT2D eigenvalue weighted by molar-refractivity contribution is 14.1. The van der Waals surface area contributed by atoms with E-state index in [0.29, 0.717) is 18.1 Å². The summed E-state index contributed by atoms with van der Waals surface area (Å²) in [6.45, 7) is 2.18. The van der Waals surface area contributed by atoms with Crippen LogP contribution in [0.2, 0.25) is 0 Å². The van der Waals surface area contributed by atoms with Gasteiger partial charge in [0, 0.05) is 15.2 Å². The van der Waals surface area contributed by atoms with Crippen molar-refractivity contribution in [3.8, 4) is 11.5 Å². The van der Waals surface area contributed by atoms with E-state index in [2.05, 4.69) is 22.6 Å². The average Bonchev–Trinajstić information content (AvgIpc) is 2.46. The summed E-state index contributed by atoms with van der Waals surface area (Å²) in [4.78, 5) is 0. The van der Waals surface area contributed by atoms with Gasteiger partial charge in [-0.05, 0) is 59.3 Å². The van der Waals surface area contributed by atoms with Crippen LogP contribution in [-0.2, 0) is 6.61 Å². The van der Waals surface area contributed by atoms with Gasteiger partial charge in [0.1, 0.15) is 18.1 Å². The zero-order chi connectivity index (χ0) is 14.5. The molecule has 0 bridgehead atoms. The first-order chi connectivity index (χ1) is 9.60. The first-order valence-electron chi connectivity index (χ1n) is 6.33. The van der Waals surface area contributed by atoms with Gasteiger partial charge >= 0.3 is 0 Å². The molecule has 3 nitrogen and oxygen atoms in total. The second-order valence-corrected chi connectivity index (χ2v) is 5.74. The van der Waals surface area contributed by atoms with Crippen LogP contribution in [0.25, 0.3) is 0 Å². The molecule has 2 rings (SSSR count). The number of rotatable bonds is 5. The fourth-order valence-electron chi connectivity index (χ4n) is 1.85. The van der Waals surface area contributed by atoms with E-state index in [9.17, 15) is 5.11 Å². The molecule has 0 saturated heterocycles. The third kappa shape index (κ3) is 3.86. The van der Waals surface area contributed by atoms with E-state index in [1.54, 1.807) is 20.1 Å². The number of benzene rings is 2. The predicted molar refractivity (Wildman–Crippen MR) is 87.1 cm³/mol. The molecule has 1 atom stereocenters. The summed E-state index contributed by atoms with van der Waals surface area (Å²) in [5.41, 5.74) is 1.85. The lowest BCUT2D eigenvalue weighted by atomic mass is 10.1. The number of hydrogen-bond acceptors (Lipinski definition) is 3. The molecular weight excluding hydrogens is 367 g/mol. The van der Waals surface area contributed by atoms with Crippen molar-refractivity contribution in [2.24, 2.45) is 0 Å². The van der Waals surface area contributed by atoms with Crippen LogP contribution >= 0.6 is 22.6 Å². The number of aliphatic hydroxyl groups excluding tert-OH is 1. The SMILES string of the molecule is COc1ccc([C@@H](C)O)c(OCc2ccc(I)cc2)c1. The van der Waals surface area contributed by atoms with Gasteiger partial charge in [0.25, 0.3) is 0 Å². The lowest BCUT2D eigenvalue weighted by molar-refractivity contribution is 0.190. The van der Waals surface area contributed by atoms with Crippen LogP contribution in [0, 0.1) is 3.57 Å². The smallest absolute Gasteiger partial charge is 0.129 e. The number of ether oxygens (including phenoxy) is 2. The molecule has 20 heavy (non-hydrogen) atoms. The highest BCUT2D eigenvalue weighted by atomic mass is 127. The molecule has 0 unspecified atom stereocenters. The molecule has 0 saturated carbocycles. The minimum Gasteiger partial charge on any atom is -0.497 e. The lowest BCUT2D eigenvalue weighted by Gasteiger charge is -2.15. The monoisotopic (exact) mass is 384 g/mol. The van der Waals surface area contributed by atoms with Crippen LogP contribution < -0.4 is 9.47 Å². The summed E-state index contributed by atoms with van der Waals surface area (Å²) in [5.74, 6) is 1.37. The summed E-state index contributed by atoms with van der Waals surface area (Å²) < 4.78 is 12.2.